The van der Waals surface area contributed by atoms with E-state index in [9.17, 15) is 9.59 Å². The molecule has 0 atom stereocenters. The molecule has 1 aliphatic rings. The molecule has 4 N–H and O–H groups in total. The van der Waals surface area contributed by atoms with E-state index in [1.54, 1.807) is 24.7 Å². The zero-order valence-electron chi connectivity index (χ0n) is 17.9. The van der Waals surface area contributed by atoms with Crippen molar-refractivity contribution in [3.8, 4) is 5.75 Å². The zero-order chi connectivity index (χ0) is 22.3. The lowest BCUT2D eigenvalue weighted by Crippen LogP contribution is -2.44. The van der Waals surface area contributed by atoms with E-state index in [0.29, 0.717) is 24.3 Å². The Labute approximate surface area is 185 Å². The van der Waals surface area contributed by atoms with Crippen LogP contribution >= 0.6 is 0 Å². The highest BCUT2D eigenvalue weighted by Crippen LogP contribution is 2.22. The van der Waals surface area contributed by atoms with Crippen LogP contribution in [0, 0.1) is 0 Å². The molecule has 0 unspecified atom stereocenters. The minimum Gasteiger partial charge on any atom is -0.402 e. The van der Waals surface area contributed by atoms with Crippen molar-refractivity contribution in [1.29, 1.82) is 0 Å². The number of nitrogens with zero attached hydrogens (tertiary/aromatic N) is 3. The average molecular weight is 438 g/mol. The van der Waals surface area contributed by atoms with Crippen LogP contribution in [0.3, 0.4) is 0 Å². The quantitative estimate of drug-likeness (QED) is 0.447. The molecule has 2 aromatic heterocycles. The van der Waals surface area contributed by atoms with Crippen LogP contribution in [0.15, 0.2) is 53.8 Å². The maximum absolute atomic E-state index is 12.5. The maximum atomic E-state index is 12.5. The minimum absolute atomic E-state index is 0.0789. The van der Waals surface area contributed by atoms with Crippen molar-refractivity contribution >= 4 is 23.2 Å². The number of rotatable bonds is 7. The minimum atomic E-state index is -0.728. The molecule has 3 aromatic rings. The third kappa shape index (κ3) is 5.46. The van der Waals surface area contributed by atoms with Gasteiger partial charge in [0.15, 0.2) is 0 Å². The Morgan fingerprint density at radius 1 is 1.19 bits per heavy atom. The lowest BCUT2D eigenvalue weighted by molar-refractivity contribution is 0.214. The number of pyridine rings is 1. The van der Waals surface area contributed by atoms with Gasteiger partial charge in [0.25, 0.3) is 5.56 Å². The summed E-state index contributed by atoms with van der Waals surface area (Å²) in [5.41, 5.74) is 2.55. The van der Waals surface area contributed by atoms with Gasteiger partial charge in [-0.3, -0.25) is 10.1 Å². The van der Waals surface area contributed by atoms with E-state index in [-0.39, 0.29) is 5.75 Å². The Morgan fingerprint density at radius 3 is 2.81 bits per heavy atom. The molecule has 3 heterocycles. The molecular weight excluding hydrogens is 410 g/mol. The number of H-pyrrole nitrogens is 2. The summed E-state index contributed by atoms with van der Waals surface area (Å²) in [6, 6.07) is 9.27. The SMILES string of the molecule is CN1CCN(c2cccc(NC(=O)Oc3c(NCCc4cnc[nH]4)cc[nH]c3=O)c2)CC1. The Morgan fingerprint density at radius 2 is 2.03 bits per heavy atom. The summed E-state index contributed by atoms with van der Waals surface area (Å²) in [5.74, 6) is -0.0789. The van der Waals surface area contributed by atoms with Crippen molar-refractivity contribution in [2.24, 2.45) is 0 Å². The predicted molar refractivity (Wildman–Crippen MR) is 124 cm³/mol. The zero-order valence-corrected chi connectivity index (χ0v) is 17.9. The highest BCUT2D eigenvalue weighted by Gasteiger charge is 2.16. The number of aromatic amines is 2. The lowest BCUT2D eigenvalue weighted by Gasteiger charge is -2.34. The summed E-state index contributed by atoms with van der Waals surface area (Å²) in [5, 5.41) is 5.85. The third-order valence-electron chi connectivity index (χ3n) is 5.34. The predicted octanol–water partition coefficient (Wildman–Crippen LogP) is 2.12. The van der Waals surface area contributed by atoms with Crippen LogP contribution < -0.4 is 25.8 Å². The van der Waals surface area contributed by atoms with E-state index in [4.69, 9.17) is 4.74 Å². The second kappa shape index (κ2) is 10.0. The number of amides is 1. The molecule has 0 spiro atoms. The normalized spacial score (nSPS) is 14.2. The molecule has 0 radical (unpaired) electrons. The highest BCUT2D eigenvalue weighted by atomic mass is 16.6. The fourth-order valence-electron chi connectivity index (χ4n) is 3.54. The van der Waals surface area contributed by atoms with E-state index in [1.807, 2.05) is 18.2 Å². The van der Waals surface area contributed by atoms with Crippen LogP contribution in [0.4, 0.5) is 21.9 Å². The number of carbonyl (C=O) groups is 1. The molecule has 1 saturated heterocycles. The summed E-state index contributed by atoms with van der Waals surface area (Å²) >= 11 is 0. The number of hydrogen-bond acceptors (Lipinski definition) is 7. The largest absolute Gasteiger partial charge is 0.417 e. The Kier molecular flexibility index (Phi) is 6.71. The summed E-state index contributed by atoms with van der Waals surface area (Å²) in [7, 11) is 2.11. The first kappa shape index (κ1) is 21.4. The van der Waals surface area contributed by atoms with Crippen LogP contribution in [0.25, 0.3) is 0 Å². The number of benzene rings is 1. The first-order valence-electron chi connectivity index (χ1n) is 10.5. The Balaban J connectivity index is 1.38. The molecule has 1 aliphatic heterocycles. The number of anilines is 3. The van der Waals surface area contributed by atoms with E-state index in [1.165, 1.54) is 6.20 Å². The van der Waals surface area contributed by atoms with Crippen molar-refractivity contribution in [3.63, 3.8) is 0 Å². The van der Waals surface area contributed by atoms with Crippen LogP contribution in [-0.2, 0) is 6.42 Å². The number of hydrogen-bond donors (Lipinski definition) is 4. The average Bonchev–Trinajstić information content (AvgIpc) is 3.30. The van der Waals surface area contributed by atoms with Crippen molar-refractivity contribution in [3.05, 3.63) is 65.1 Å². The highest BCUT2D eigenvalue weighted by molar-refractivity contribution is 5.87. The van der Waals surface area contributed by atoms with E-state index in [0.717, 1.165) is 37.6 Å². The standard InChI is InChI=1S/C22H27N7O3/c1-28-9-11-29(12-10-28)18-4-2-3-16(13-18)27-22(31)32-20-19(6-8-25-21(20)30)24-7-5-17-14-23-15-26-17/h2-4,6,8,13-15H,5,7,9-12H2,1H3,(H,23,26)(H,27,31)(H2,24,25,30). The molecule has 32 heavy (non-hydrogen) atoms. The van der Waals surface area contributed by atoms with E-state index >= 15 is 0 Å². The van der Waals surface area contributed by atoms with Gasteiger partial charge >= 0.3 is 6.09 Å². The number of piperazine rings is 1. The molecule has 1 amide bonds. The molecule has 10 nitrogen and oxygen atoms in total. The molecule has 1 fully saturated rings. The summed E-state index contributed by atoms with van der Waals surface area (Å²) in [4.78, 5) is 38.9. The van der Waals surface area contributed by atoms with Crippen LogP contribution in [0.5, 0.6) is 5.75 Å². The monoisotopic (exact) mass is 437 g/mol. The van der Waals surface area contributed by atoms with Gasteiger partial charge in [-0.1, -0.05) is 6.07 Å². The van der Waals surface area contributed by atoms with Gasteiger partial charge in [-0.05, 0) is 31.3 Å². The van der Waals surface area contributed by atoms with E-state index < -0.39 is 11.7 Å². The van der Waals surface area contributed by atoms with Crippen molar-refractivity contribution in [2.75, 3.05) is 55.3 Å². The summed E-state index contributed by atoms with van der Waals surface area (Å²) < 4.78 is 5.37. The fraction of sp³-hybridized carbons (Fsp3) is 0.318. The van der Waals surface area contributed by atoms with Gasteiger partial charge in [0.05, 0.1) is 12.0 Å². The fourth-order valence-corrected chi connectivity index (χ4v) is 3.54. The summed E-state index contributed by atoms with van der Waals surface area (Å²) in [6.45, 7) is 4.38. The number of aromatic nitrogens is 3. The topological polar surface area (TPSA) is 118 Å². The molecule has 4 rings (SSSR count). The van der Waals surface area contributed by atoms with Gasteiger partial charge in [0, 0.05) is 68.6 Å². The van der Waals surface area contributed by atoms with Crippen molar-refractivity contribution in [2.45, 2.75) is 6.42 Å². The van der Waals surface area contributed by atoms with Gasteiger partial charge in [-0.25, -0.2) is 9.78 Å². The second-order valence-corrected chi connectivity index (χ2v) is 7.66. The second-order valence-electron chi connectivity index (χ2n) is 7.66. The van der Waals surface area contributed by atoms with Crippen LogP contribution in [0.2, 0.25) is 0 Å². The van der Waals surface area contributed by atoms with Gasteiger partial charge in [0.1, 0.15) is 0 Å². The number of likely N-dealkylation sites (N-methyl/N-ethyl adjacent to an activating group) is 1. The first-order valence-corrected chi connectivity index (χ1v) is 10.5. The molecule has 10 heteroatoms. The number of ether oxygens (including phenoxy) is 1. The van der Waals surface area contributed by atoms with E-state index in [2.05, 4.69) is 42.4 Å². The van der Waals surface area contributed by atoms with Crippen LogP contribution in [0.1, 0.15) is 5.69 Å². The Bertz CT molecular complexity index is 1090. The molecular formula is C22H27N7O3. The lowest BCUT2D eigenvalue weighted by atomic mass is 10.2. The Hall–Kier alpha value is -3.79. The molecule has 168 valence electrons. The number of carbonyl (C=O) groups excluding carboxylic acids is 1. The number of imidazole rings is 1. The molecule has 0 bridgehead atoms. The first-order chi connectivity index (χ1) is 15.6. The van der Waals surface area contributed by atoms with Crippen molar-refractivity contribution < 1.29 is 9.53 Å². The van der Waals surface area contributed by atoms with Gasteiger partial charge in [-0.15, -0.1) is 0 Å². The number of nitrogens with one attached hydrogen (secondary N) is 4. The summed E-state index contributed by atoms with van der Waals surface area (Å²) in [6.07, 6.45) is 4.80. The molecule has 0 saturated carbocycles. The van der Waals surface area contributed by atoms with Crippen LogP contribution in [-0.4, -0.2) is 65.7 Å². The smallest absolute Gasteiger partial charge is 0.402 e. The van der Waals surface area contributed by atoms with Gasteiger partial charge < -0.3 is 29.8 Å². The van der Waals surface area contributed by atoms with Crippen molar-refractivity contribution in [1.82, 2.24) is 19.9 Å². The van der Waals surface area contributed by atoms with Gasteiger partial charge in [-0.2, -0.15) is 0 Å². The maximum Gasteiger partial charge on any atom is 0.417 e. The van der Waals surface area contributed by atoms with Gasteiger partial charge in [0.2, 0.25) is 5.75 Å². The third-order valence-corrected chi connectivity index (χ3v) is 5.34. The molecule has 1 aromatic carbocycles. The molecule has 0 aliphatic carbocycles.